The Balaban J connectivity index is 1.29. The Morgan fingerprint density at radius 2 is 2.06 bits per heavy atom. The highest BCUT2D eigenvalue weighted by Gasteiger charge is 2.29. The summed E-state index contributed by atoms with van der Waals surface area (Å²) in [5.74, 6) is 0.184. The number of carboxylic acid groups (broad SMARTS) is 1. The summed E-state index contributed by atoms with van der Waals surface area (Å²) >= 11 is 0. The van der Waals surface area contributed by atoms with Crippen LogP contribution in [0.15, 0.2) is 53.2 Å². The van der Waals surface area contributed by atoms with E-state index < -0.39 is 5.97 Å². The highest BCUT2D eigenvalue weighted by molar-refractivity contribution is 5.84. The molecule has 1 saturated carbocycles. The van der Waals surface area contributed by atoms with Gasteiger partial charge in [0.2, 0.25) is 5.82 Å². The second-order valence-electron chi connectivity index (χ2n) is 9.59. The normalized spacial score (nSPS) is 18.2. The molecule has 2 aromatic heterocycles. The maximum absolute atomic E-state index is 11.2. The Bertz CT molecular complexity index is 1340. The van der Waals surface area contributed by atoms with Gasteiger partial charge in [-0.05, 0) is 75.4 Å². The molecule has 0 amide bonds. The smallest absolute Gasteiger partial charge is 0.306 e. The van der Waals surface area contributed by atoms with Crippen LogP contribution >= 0.6 is 0 Å². The molecule has 0 aliphatic heterocycles. The quantitative estimate of drug-likeness (QED) is 0.375. The minimum atomic E-state index is -0.683. The number of fused-ring (bicyclic) bond motifs is 1. The second-order valence-corrected chi connectivity index (χ2v) is 9.59. The van der Waals surface area contributed by atoms with Crippen LogP contribution < -0.4 is 5.32 Å². The first-order valence-corrected chi connectivity index (χ1v) is 11.9. The molecule has 0 bridgehead atoms. The largest absolute Gasteiger partial charge is 0.481 e. The summed E-state index contributed by atoms with van der Waals surface area (Å²) in [6.45, 7) is 7.10. The van der Waals surface area contributed by atoms with Gasteiger partial charge >= 0.3 is 5.97 Å². The summed E-state index contributed by atoms with van der Waals surface area (Å²) in [6.07, 6.45) is 4.47. The number of benzene rings is 2. The molecule has 1 aliphatic rings. The van der Waals surface area contributed by atoms with Crippen molar-refractivity contribution in [2.45, 2.75) is 58.7 Å². The zero-order chi connectivity index (χ0) is 23.8. The molecule has 1 fully saturated rings. The molecule has 0 unspecified atom stereocenters. The molecule has 5 rings (SSSR count). The molecule has 1 aliphatic carbocycles. The number of hydrogen-bond acceptors (Lipinski definition) is 5. The van der Waals surface area contributed by atoms with Crippen molar-refractivity contribution in [1.82, 2.24) is 20.0 Å². The van der Waals surface area contributed by atoms with Crippen LogP contribution in [0.2, 0.25) is 0 Å². The highest BCUT2D eigenvalue weighted by Crippen LogP contribution is 2.29. The van der Waals surface area contributed by atoms with Gasteiger partial charge in [-0.15, -0.1) is 0 Å². The minimum Gasteiger partial charge on any atom is -0.481 e. The fourth-order valence-electron chi connectivity index (χ4n) is 4.94. The Labute approximate surface area is 198 Å². The Kier molecular flexibility index (Phi) is 5.96. The predicted octanol–water partition coefficient (Wildman–Crippen LogP) is 5.59. The fourth-order valence-corrected chi connectivity index (χ4v) is 4.94. The number of aromatic nitrogens is 3. The second kappa shape index (κ2) is 9.06. The van der Waals surface area contributed by atoms with Gasteiger partial charge < -0.3 is 19.5 Å². The molecule has 7 nitrogen and oxygen atoms in total. The average Bonchev–Trinajstić information content (AvgIpc) is 3.56. The van der Waals surface area contributed by atoms with Gasteiger partial charge in [-0.2, -0.15) is 4.98 Å². The molecule has 2 heterocycles. The SMILES string of the molecule is Cc1cc(CN[C@@H]2CC[C@H](C(=O)O)C2)ccc1-c1noc(-c2ccc3c(ccn3C(C)C)c2)n1. The van der Waals surface area contributed by atoms with Gasteiger partial charge in [-0.3, -0.25) is 4.79 Å². The number of carboxylic acids is 1. The van der Waals surface area contributed by atoms with Crippen LogP contribution in [-0.2, 0) is 11.3 Å². The van der Waals surface area contributed by atoms with Gasteiger partial charge in [-0.1, -0.05) is 23.4 Å². The third-order valence-corrected chi connectivity index (χ3v) is 6.86. The van der Waals surface area contributed by atoms with E-state index >= 15 is 0 Å². The average molecular weight is 459 g/mol. The molecule has 0 saturated heterocycles. The maximum atomic E-state index is 11.2. The topological polar surface area (TPSA) is 93.2 Å². The standard InChI is InChI=1S/C27H30N4O3/c1-16(2)31-11-10-19-13-20(6-9-24(19)31)26-29-25(30-34-26)23-8-4-18(12-17(23)3)15-28-22-7-5-21(14-22)27(32)33/h4,6,8-13,16,21-22,28H,5,7,14-15H2,1-3H3,(H,32,33)/t21-,22+/m0/s1. The zero-order valence-electron chi connectivity index (χ0n) is 19.8. The number of aryl methyl sites for hydroxylation is 1. The highest BCUT2D eigenvalue weighted by atomic mass is 16.5. The summed E-state index contributed by atoms with van der Waals surface area (Å²) < 4.78 is 7.86. The Hall–Kier alpha value is -3.45. The van der Waals surface area contributed by atoms with Crippen LogP contribution in [0.4, 0.5) is 0 Å². The van der Waals surface area contributed by atoms with E-state index in [0.717, 1.165) is 40.5 Å². The predicted molar refractivity (Wildman–Crippen MR) is 131 cm³/mol. The first-order valence-electron chi connectivity index (χ1n) is 11.9. The van der Waals surface area contributed by atoms with Crippen molar-refractivity contribution in [3.63, 3.8) is 0 Å². The van der Waals surface area contributed by atoms with Crippen LogP contribution in [0.25, 0.3) is 33.7 Å². The lowest BCUT2D eigenvalue weighted by molar-refractivity contribution is -0.141. The van der Waals surface area contributed by atoms with E-state index in [1.807, 2.05) is 19.1 Å². The first kappa shape index (κ1) is 22.3. The van der Waals surface area contributed by atoms with Gasteiger partial charge in [0.1, 0.15) is 0 Å². The van der Waals surface area contributed by atoms with E-state index in [1.165, 1.54) is 5.52 Å². The Morgan fingerprint density at radius 3 is 2.79 bits per heavy atom. The maximum Gasteiger partial charge on any atom is 0.306 e. The van der Waals surface area contributed by atoms with Gasteiger partial charge in [0, 0.05) is 46.9 Å². The van der Waals surface area contributed by atoms with Crippen LogP contribution in [0.5, 0.6) is 0 Å². The van der Waals surface area contributed by atoms with Crippen LogP contribution in [0.1, 0.15) is 50.3 Å². The molecule has 7 heteroatoms. The van der Waals surface area contributed by atoms with Crippen molar-refractivity contribution >= 4 is 16.9 Å². The summed E-state index contributed by atoms with van der Waals surface area (Å²) in [6, 6.07) is 15.2. The molecular formula is C27H30N4O3. The van der Waals surface area contributed by atoms with Crippen LogP contribution in [0, 0.1) is 12.8 Å². The molecule has 2 N–H and O–H groups in total. The number of aliphatic carboxylic acids is 1. The lowest BCUT2D eigenvalue weighted by Gasteiger charge is -2.13. The third kappa shape index (κ3) is 4.35. The van der Waals surface area contributed by atoms with E-state index in [0.29, 0.717) is 30.7 Å². The monoisotopic (exact) mass is 458 g/mol. The van der Waals surface area contributed by atoms with Gasteiger partial charge in [0.25, 0.3) is 5.89 Å². The van der Waals surface area contributed by atoms with Gasteiger partial charge in [0.15, 0.2) is 0 Å². The molecule has 4 aromatic rings. The van der Waals surface area contributed by atoms with Gasteiger partial charge in [-0.25, -0.2) is 0 Å². The summed E-state index contributed by atoms with van der Waals surface area (Å²) in [5, 5.41) is 18.1. The van der Waals surface area contributed by atoms with Crippen molar-refractivity contribution in [2.24, 2.45) is 5.92 Å². The van der Waals surface area contributed by atoms with Crippen molar-refractivity contribution in [3.05, 3.63) is 59.8 Å². The summed E-state index contributed by atoms with van der Waals surface area (Å²) in [5.41, 5.74) is 5.27. The van der Waals surface area contributed by atoms with Crippen LogP contribution in [0.3, 0.4) is 0 Å². The molecule has 0 radical (unpaired) electrons. The van der Waals surface area contributed by atoms with E-state index in [1.54, 1.807) is 0 Å². The number of carbonyl (C=O) groups is 1. The lowest BCUT2D eigenvalue weighted by Crippen LogP contribution is -2.26. The molecule has 2 aromatic carbocycles. The van der Waals surface area contributed by atoms with Crippen molar-refractivity contribution in [1.29, 1.82) is 0 Å². The lowest BCUT2D eigenvalue weighted by atomic mass is 10.0. The van der Waals surface area contributed by atoms with E-state index in [-0.39, 0.29) is 12.0 Å². The number of nitrogens with zero attached hydrogens (tertiary/aromatic N) is 3. The van der Waals surface area contributed by atoms with Crippen molar-refractivity contribution in [3.8, 4) is 22.8 Å². The van der Waals surface area contributed by atoms with E-state index in [4.69, 9.17) is 4.52 Å². The van der Waals surface area contributed by atoms with Crippen molar-refractivity contribution in [2.75, 3.05) is 0 Å². The summed E-state index contributed by atoms with van der Waals surface area (Å²) in [7, 11) is 0. The molecule has 34 heavy (non-hydrogen) atoms. The molecule has 2 atom stereocenters. The van der Waals surface area contributed by atoms with E-state index in [2.05, 4.69) is 70.4 Å². The molecule has 176 valence electrons. The molecular weight excluding hydrogens is 428 g/mol. The first-order chi connectivity index (χ1) is 16.4. The zero-order valence-corrected chi connectivity index (χ0v) is 19.8. The van der Waals surface area contributed by atoms with E-state index in [9.17, 15) is 9.90 Å². The molecule has 0 spiro atoms. The minimum absolute atomic E-state index is 0.218. The third-order valence-electron chi connectivity index (χ3n) is 6.86. The Morgan fingerprint density at radius 1 is 1.21 bits per heavy atom. The van der Waals surface area contributed by atoms with Crippen LogP contribution in [-0.4, -0.2) is 31.8 Å². The number of rotatable bonds is 7. The van der Waals surface area contributed by atoms with Crippen molar-refractivity contribution < 1.29 is 14.4 Å². The van der Waals surface area contributed by atoms with Gasteiger partial charge in [0.05, 0.1) is 5.92 Å². The fraction of sp³-hybridized carbons (Fsp3) is 0.370. The summed E-state index contributed by atoms with van der Waals surface area (Å²) in [4.78, 5) is 15.8. The number of hydrogen-bond donors (Lipinski definition) is 2. The number of nitrogens with one attached hydrogen (secondary N) is 1.